The highest BCUT2D eigenvalue weighted by atomic mass is 16.5. The highest BCUT2D eigenvalue weighted by Gasteiger charge is 2.16. The summed E-state index contributed by atoms with van der Waals surface area (Å²) in [4.78, 5) is 11.3. The maximum atomic E-state index is 11.3. The van der Waals surface area contributed by atoms with Crippen LogP contribution in [0.25, 0.3) is 0 Å². The van der Waals surface area contributed by atoms with Crippen LogP contribution in [0.2, 0.25) is 0 Å². The average Bonchev–Trinajstić information content (AvgIpc) is 2.20. The molecule has 0 aliphatic carbocycles. The van der Waals surface area contributed by atoms with Crippen LogP contribution in [0.1, 0.15) is 6.42 Å². The molecule has 5 heteroatoms. The second kappa shape index (κ2) is 6.75. The number of morpholine rings is 1. The van der Waals surface area contributed by atoms with Gasteiger partial charge in [0.05, 0.1) is 19.8 Å². The molecule has 0 spiro atoms. The fourth-order valence-corrected chi connectivity index (χ4v) is 1.34. The van der Waals surface area contributed by atoms with Gasteiger partial charge >= 0.3 is 0 Å². The molecule has 1 amide bonds. The molecular weight excluding hydrogens is 184 g/mol. The standard InChI is InChI=1S/C9H18N2O3/c1-13-4-2-11-9(12)6-8-7-14-5-3-10-8/h8,10H,2-7H2,1H3,(H,11,12). The minimum Gasteiger partial charge on any atom is -0.383 e. The molecule has 1 aliphatic rings. The predicted octanol–water partition coefficient (Wildman–Crippen LogP) is -0.872. The van der Waals surface area contributed by atoms with Crippen molar-refractivity contribution in [1.82, 2.24) is 10.6 Å². The number of methoxy groups -OCH3 is 1. The van der Waals surface area contributed by atoms with Gasteiger partial charge in [0.15, 0.2) is 0 Å². The van der Waals surface area contributed by atoms with Gasteiger partial charge in [-0.25, -0.2) is 0 Å². The molecule has 82 valence electrons. The van der Waals surface area contributed by atoms with E-state index in [-0.39, 0.29) is 11.9 Å². The van der Waals surface area contributed by atoms with Gasteiger partial charge in [0.2, 0.25) is 5.91 Å². The largest absolute Gasteiger partial charge is 0.383 e. The molecule has 14 heavy (non-hydrogen) atoms. The zero-order chi connectivity index (χ0) is 10.2. The summed E-state index contributed by atoms with van der Waals surface area (Å²) in [5, 5.41) is 5.99. The number of hydrogen-bond donors (Lipinski definition) is 2. The second-order valence-electron chi connectivity index (χ2n) is 3.27. The number of rotatable bonds is 5. The van der Waals surface area contributed by atoms with Crippen molar-refractivity contribution in [2.75, 3.05) is 40.0 Å². The molecule has 1 unspecified atom stereocenters. The molecule has 0 aromatic heterocycles. The molecule has 5 nitrogen and oxygen atoms in total. The molecule has 0 saturated carbocycles. The third-order valence-electron chi connectivity index (χ3n) is 2.06. The zero-order valence-corrected chi connectivity index (χ0v) is 8.54. The Labute approximate surface area is 84.1 Å². The Balaban J connectivity index is 2.06. The highest BCUT2D eigenvalue weighted by Crippen LogP contribution is 1.97. The van der Waals surface area contributed by atoms with Crippen LogP contribution in [0.5, 0.6) is 0 Å². The first kappa shape index (κ1) is 11.4. The van der Waals surface area contributed by atoms with Crippen molar-refractivity contribution in [3.8, 4) is 0 Å². The lowest BCUT2D eigenvalue weighted by atomic mass is 10.2. The van der Waals surface area contributed by atoms with Gasteiger partial charge < -0.3 is 20.1 Å². The highest BCUT2D eigenvalue weighted by molar-refractivity contribution is 5.76. The van der Waals surface area contributed by atoms with Crippen LogP contribution in [-0.4, -0.2) is 52.0 Å². The second-order valence-corrected chi connectivity index (χ2v) is 3.27. The monoisotopic (exact) mass is 202 g/mol. The normalized spacial score (nSPS) is 21.9. The lowest BCUT2D eigenvalue weighted by molar-refractivity contribution is -0.122. The number of hydrogen-bond acceptors (Lipinski definition) is 4. The van der Waals surface area contributed by atoms with Crippen molar-refractivity contribution in [1.29, 1.82) is 0 Å². The smallest absolute Gasteiger partial charge is 0.221 e. The first-order valence-electron chi connectivity index (χ1n) is 4.89. The van der Waals surface area contributed by atoms with E-state index in [0.717, 1.165) is 13.2 Å². The van der Waals surface area contributed by atoms with E-state index in [1.54, 1.807) is 7.11 Å². The number of carbonyl (C=O) groups excluding carboxylic acids is 1. The van der Waals surface area contributed by atoms with E-state index in [1.165, 1.54) is 0 Å². The van der Waals surface area contributed by atoms with Crippen molar-refractivity contribution in [3.05, 3.63) is 0 Å². The average molecular weight is 202 g/mol. The number of amides is 1. The van der Waals surface area contributed by atoms with Gasteiger partial charge in [0.25, 0.3) is 0 Å². The molecular formula is C9H18N2O3. The van der Waals surface area contributed by atoms with Crippen LogP contribution in [-0.2, 0) is 14.3 Å². The van der Waals surface area contributed by atoms with Crippen LogP contribution in [0, 0.1) is 0 Å². The van der Waals surface area contributed by atoms with Crippen LogP contribution in [0.4, 0.5) is 0 Å². The molecule has 0 aromatic rings. The molecule has 1 heterocycles. The van der Waals surface area contributed by atoms with Gasteiger partial charge in [-0.05, 0) is 0 Å². The van der Waals surface area contributed by atoms with E-state index in [1.807, 2.05) is 0 Å². The summed E-state index contributed by atoms with van der Waals surface area (Å²) in [7, 11) is 1.61. The lowest BCUT2D eigenvalue weighted by Gasteiger charge is -2.23. The van der Waals surface area contributed by atoms with Crippen LogP contribution in [0.3, 0.4) is 0 Å². The van der Waals surface area contributed by atoms with Gasteiger partial charge in [0, 0.05) is 32.7 Å². The van der Waals surface area contributed by atoms with Gasteiger partial charge in [-0.2, -0.15) is 0 Å². The quantitative estimate of drug-likeness (QED) is 0.569. The Morgan fingerprint density at radius 3 is 3.21 bits per heavy atom. The topological polar surface area (TPSA) is 59.6 Å². The number of carbonyl (C=O) groups is 1. The Kier molecular flexibility index (Phi) is 5.51. The minimum atomic E-state index is 0.0463. The molecule has 0 radical (unpaired) electrons. The van der Waals surface area contributed by atoms with Crippen molar-refractivity contribution in [2.45, 2.75) is 12.5 Å². The molecule has 0 bridgehead atoms. The van der Waals surface area contributed by atoms with Gasteiger partial charge in [-0.1, -0.05) is 0 Å². The third kappa shape index (κ3) is 4.55. The molecule has 1 atom stereocenters. The Hall–Kier alpha value is -0.650. The van der Waals surface area contributed by atoms with Crippen LogP contribution >= 0.6 is 0 Å². The van der Waals surface area contributed by atoms with E-state index in [2.05, 4.69) is 10.6 Å². The van der Waals surface area contributed by atoms with E-state index >= 15 is 0 Å². The lowest BCUT2D eigenvalue weighted by Crippen LogP contribution is -2.44. The van der Waals surface area contributed by atoms with Crippen molar-refractivity contribution < 1.29 is 14.3 Å². The summed E-state index contributed by atoms with van der Waals surface area (Å²) in [5.74, 6) is 0.0463. The molecule has 1 saturated heterocycles. The summed E-state index contributed by atoms with van der Waals surface area (Å²) < 4.78 is 10.1. The van der Waals surface area contributed by atoms with Gasteiger partial charge in [-0.15, -0.1) is 0 Å². The molecule has 2 N–H and O–H groups in total. The van der Waals surface area contributed by atoms with Crippen LogP contribution in [0.15, 0.2) is 0 Å². The molecule has 1 fully saturated rings. The first-order valence-corrected chi connectivity index (χ1v) is 4.89. The van der Waals surface area contributed by atoms with E-state index in [4.69, 9.17) is 9.47 Å². The summed E-state index contributed by atoms with van der Waals surface area (Å²) in [6, 6.07) is 0.159. The van der Waals surface area contributed by atoms with Crippen molar-refractivity contribution in [2.24, 2.45) is 0 Å². The van der Waals surface area contributed by atoms with Crippen molar-refractivity contribution in [3.63, 3.8) is 0 Å². The molecule has 1 aliphatic heterocycles. The molecule has 0 aromatic carbocycles. The Bertz CT molecular complexity index is 169. The SMILES string of the molecule is COCCNC(=O)CC1COCCN1. The number of ether oxygens (including phenoxy) is 2. The fourth-order valence-electron chi connectivity index (χ4n) is 1.34. The van der Waals surface area contributed by atoms with E-state index in [9.17, 15) is 4.79 Å². The predicted molar refractivity (Wildman–Crippen MR) is 52.1 cm³/mol. The van der Waals surface area contributed by atoms with E-state index in [0.29, 0.717) is 26.2 Å². The zero-order valence-electron chi connectivity index (χ0n) is 8.54. The summed E-state index contributed by atoms with van der Waals surface area (Å²) in [6.45, 7) is 3.32. The van der Waals surface area contributed by atoms with E-state index < -0.39 is 0 Å². The van der Waals surface area contributed by atoms with Crippen molar-refractivity contribution >= 4 is 5.91 Å². The maximum absolute atomic E-state index is 11.3. The first-order chi connectivity index (χ1) is 6.83. The molecule has 1 rings (SSSR count). The summed E-state index contributed by atoms with van der Waals surface area (Å²) in [6.07, 6.45) is 0.476. The Morgan fingerprint density at radius 1 is 1.71 bits per heavy atom. The maximum Gasteiger partial charge on any atom is 0.221 e. The Morgan fingerprint density at radius 2 is 2.57 bits per heavy atom. The fraction of sp³-hybridized carbons (Fsp3) is 0.889. The van der Waals surface area contributed by atoms with Gasteiger partial charge in [0.1, 0.15) is 0 Å². The summed E-state index contributed by atoms with van der Waals surface area (Å²) >= 11 is 0. The summed E-state index contributed by atoms with van der Waals surface area (Å²) in [5.41, 5.74) is 0. The van der Waals surface area contributed by atoms with Gasteiger partial charge in [-0.3, -0.25) is 4.79 Å². The van der Waals surface area contributed by atoms with Crippen LogP contribution < -0.4 is 10.6 Å². The number of nitrogens with one attached hydrogen (secondary N) is 2. The third-order valence-corrected chi connectivity index (χ3v) is 2.06. The minimum absolute atomic E-state index is 0.0463.